The summed E-state index contributed by atoms with van der Waals surface area (Å²) in [6.07, 6.45) is 0.758. The van der Waals surface area contributed by atoms with Gasteiger partial charge in [0.05, 0.1) is 10.6 Å². The summed E-state index contributed by atoms with van der Waals surface area (Å²) in [4.78, 5) is 13.3. The summed E-state index contributed by atoms with van der Waals surface area (Å²) in [5, 5.41) is 16.9. The van der Waals surface area contributed by atoms with Crippen molar-refractivity contribution in [2.45, 2.75) is 13.3 Å². The Kier molecular flexibility index (Phi) is 4.94. The van der Waals surface area contributed by atoms with Crippen LogP contribution in [0.2, 0.25) is 5.02 Å². The number of fused-ring (bicyclic) bond motifs is 1. The molecule has 1 N–H and O–H groups in total. The largest absolute Gasteiger partial charge is 0.322 e. The summed E-state index contributed by atoms with van der Waals surface area (Å²) in [5.74, 6) is 0.547. The topological polar surface area (TPSA) is 72.2 Å². The number of halogens is 2. The molecule has 0 aliphatic heterocycles. The molecule has 9 heteroatoms. The van der Waals surface area contributed by atoms with Gasteiger partial charge in [-0.1, -0.05) is 57.9 Å². The van der Waals surface area contributed by atoms with Gasteiger partial charge in [-0.2, -0.15) is 9.61 Å². The first-order valence-corrected chi connectivity index (χ1v) is 10.1. The lowest BCUT2D eigenvalue weighted by atomic mass is 10.2. The molecule has 2 aromatic carbocycles. The molecule has 4 aromatic rings. The second-order valence-electron chi connectivity index (χ2n) is 5.73. The number of anilines is 1. The lowest BCUT2D eigenvalue weighted by molar-refractivity contribution is 0.102. The molecule has 2 heterocycles. The van der Waals surface area contributed by atoms with Gasteiger partial charge in [0.1, 0.15) is 5.01 Å². The van der Waals surface area contributed by atoms with E-state index in [1.165, 1.54) is 11.3 Å². The highest BCUT2D eigenvalue weighted by Gasteiger charge is 2.14. The maximum Gasteiger partial charge on any atom is 0.257 e. The number of nitrogens with zero attached hydrogens (tertiary/aromatic N) is 4. The van der Waals surface area contributed by atoms with Crippen molar-refractivity contribution in [2.75, 3.05) is 5.32 Å². The van der Waals surface area contributed by atoms with Gasteiger partial charge in [-0.25, -0.2) is 0 Å². The molecule has 0 saturated heterocycles. The fraction of sp³-hybridized carbons (Fsp3) is 0.111. The van der Waals surface area contributed by atoms with Crippen molar-refractivity contribution in [3.8, 4) is 10.6 Å². The van der Waals surface area contributed by atoms with E-state index in [1.807, 2.05) is 31.2 Å². The van der Waals surface area contributed by atoms with Gasteiger partial charge in [-0.15, -0.1) is 10.2 Å². The van der Waals surface area contributed by atoms with E-state index in [0.717, 1.165) is 32.2 Å². The van der Waals surface area contributed by atoms with Crippen molar-refractivity contribution in [3.63, 3.8) is 0 Å². The third-order valence-corrected chi connectivity index (χ3v) is 5.68. The third-order valence-electron chi connectivity index (χ3n) is 3.91. The first-order valence-electron chi connectivity index (χ1n) is 8.13. The summed E-state index contributed by atoms with van der Waals surface area (Å²) < 4.78 is 2.55. The molecule has 4 rings (SSSR count). The fourth-order valence-corrected chi connectivity index (χ4v) is 4.01. The molecule has 0 radical (unpaired) electrons. The molecule has 0 fully saturated rings. The summed E-state index contributed by atoms with van der Waals surface area (Å²) in [6, 6.07) is 12.7. The molecular formula is C18H13BrClN5OS. The number of nitrogens with one attached hydrogen (secondary N) is 1. The monoisotopic (exact) mass is 461 g/mol. The van der Waals surface area contributed by atoms with Crippen LogP contribution in [0.25, 0.3) is 15.5 Å². The number of aryl methyl sites for hydroxylation is 1. The second-order valence-corrected chi connectivity index (χ2v) is 8.01. The Hall–Kier alpha value is -2.29. The van der Waals surface area contributed by atoms with E-state index in [2.05, 4.69) is 36.5 Å². The van der Waals surface area contributed by atoms with Gasteiger partial charge in [0.15, 0.2) is 5.82 Å². The number of rotatable bonds is 4. The molecule has 0 saturated carbocycles. The maximum atomic E-state index is 12.6. The van der Waals surface area contributed by atoms with Crippen molar-refractivity contribution in [3.05, 3.63) is 63.3 Å². The number of amides is 1. The Balaban J connectivity index is 1.62. The van der Waals surface area contributed by atoms with Crippen LogP contribution in [0.3, 0.4) is 0 Å². The van der Waals surface area contributed by atoms with E-state index in [0.29, 0.717) is 16.3 Å². The zero-order valence-corrected chi connectivity index (χ0v) is 17.3. The van der Waals surface area contributed by atoms with E-state index < -0.39 is 0 Å². The summed E-state index contributed by atoms with van der Waals surface area (Å²) in [6.45, 7) is 2.01. The van der Waals surface area contributed by atoms with Gasteiger partial charge in [0, 0.05) is 22.1 Å². The minimum atomic E-state index is -0.273. The Bertz CT molecular complexity index is 1160. The highest BCUT2D eigenvalue weighted by atomic mass is 79.9. The first-order chi connectivity index (χ1) is 13.0. The molecule has 0 unspecified atom stereocenters. The first kappa shape index (κ1) is 18.1. The van der Waals surface area contributed by atoms with Crippen molar-refractivity contribution in [1.82, 2.24) is 19.8 Å². The van der Waals surface area contributed by atoms with Crippen molar-refractivity contribution < 1.29 is 4.79 Å². The molecule has 6 nitrogen and oxygen atoms in total. The normalized spacial score (nSPS) is 11.1. The number of hydrogen-bond donors (Lipinski definition) is 1. The Morgan fingerprint density at radius 1 is 1.26 bits per heavy atom. The number of hydrogen-bond acceptors (Lipinski definition) is 5. The Morgan fingerprint density at radius 3 is 2.93 bits per heavy atom. The number of benzene rings is 2. The van der Waals surface area contributed by atoms with Crippen LogP contribution < -0.4 is 5.32 Å². The minimum absolute atomic E-state index is 0.273. The molecular weight excluding hydrogens is 450 g/mol. The van der Waals surface area contributed by atoms with Crippen molar-refractivity contribution in [2.24, 2.45) is 0 Å². The van der Waals surface area contributed by atoms with Gasteiger partial charge < -0.3 is 5.32 Å². The van der Waals surface area contributed by atoms with Gasteiger partial charge in [0.25, 0.3) is 5.91 Å². The van der Waals surface area contributed by atoms with E-state index in [1.54, 1.807) is 22.7 Å². The number of carbonyl (C=O) groups excluding carboxylic acids is 1. The van der Waals surface area contributed by atoms with E-state index in [9.17, 15) is 4.79 Å². The van der Waals surface area contributed by atoms with E-state index >= 15 is 0 Å². The highest BCUT2D eigenvalue weighted by Crippen LogP contribution is 2.28. The zero-order valence-electron chi connectivity index (χ0n) is 14.1. The third kappa shape index (κ3) is 3.60. The van der Waals surface area contributed by atoms with E-state index in [-0.39, 0.29) is 5.91 Å². The van der Waals surface area contributed by atoms with Crippen LogP contribution in [0, 0.1) is 0 Å². The van der Waals surface area contributed by atoms with Gasteiger partial charge in [0.2, 0.25) is 4.96 Å². The molecule has 2 aromatic heterocycles. The van der Waals surface area contributed by atoms with Crippen LogP contribution in [0.5, 0.6) is 0 Å². The summed E-state index contributed by atoms with van der Waals surface area (Å²) in [5.41, 5.74) is 1.96. The number of aromatic nitrogens is 4. The molecule has 136 valence electrons. The highest BCUT2D eigenvalue weighted by molar-refractivity contribution is 9.10. The van der Waals surface area contributed by atoms with Gasteiger partial charge >= 0.3 is 0 Å². The minimum Gasteiger partial charge on any atom is -0.322 e. The molecule has 0 atom stereocenters. The quantitative estimate of drug-likeness (QED) is 0.459. The van der Waals surface area contributed by atoms with Crippen LogP contribution in [-0.2, 0) is 6.42 Å². The number of carbonyl (C=O) groups is 1. The molecule has 0 aliphatic carbocycles. The average molecular weight is 463 g/mol. The average Bonchev–Trinajstić information content (AvgIpc) is 3.24. The van der Waals surface area contributed by atoms with Crippen LogP contribution in [-0.4, -0.2) is 25.7 Å². The molecule has 1 amide bonds. The van der Waals surface area contributed by atoms with Crippen molar-refractivity contribution in [1.29, 1.82) is 0 Å². The van der Waals surface area contributed by atoms with Crippen LogP contribution in [0.15, 0.2) is 46.9 Å². The van der Waals surface area contributed by atoms with Crippen LogP contribution in [0.4, 0.5) is 5.69 Å². The summed E-state index contributed by atoms with van der Waals surface area (Å²) in [7, 11) is 0. The smallest absolute Gasteiger partial charge is 0.257 e. The molecule has 0 bridgehead atoms. The van der Waals surface area contributed by atoms with Gasteiger partial charge in [-0.3, -0.25) is 4.79 Å². The fourth-order valence-electron chi connectivity index (χ4n) is 2.59. The van der Waals surface area contributed by atoms with Gasteiger partial charge in [-0.05, 0) is 30.3 Å². The lowest BCUT2D eigenvalue weighted by Gasteiger charge is -2.08. The second kappa shape index (κ2) is 7.38. The Morgan fingerprint density at radius 2 is 2.11 bits per heavy atom. The molecule has 0 spiro atoms. The zero-order chi connectivity index (χ0) is 19.0. The van der Waals surface area contributed by atoms with Crippen molar-refractivity contribution >= 4 is 55.4 Å². The van der Waals surface area contributed by atoms with E-state index in [4.69, 9.17) is 11.6 Å². The van der Waals surface area contributed by atoms with Crippen LogP contribution >= 0.6 is 38.9 Å². The lowest BCUT2D eigenvalue weighted by Crippen LogP contribution is -2.12. The standard InChI is InChI=1S/C18H13BrClN5OS/c1-2-15-22-23-18-25(15)24-17(27-18)10-4-3-5-12(8-10)21-16(26)13-9-11(19)6-7-14(13)20/h3-9H,2H2,1H3,(H,21,26). The summed E-state index contributed by atoms with van der Waals surface area (Å²) >= 11 is 11.0. The Labute approximate surface area is 172 Å². The predicted octanol–water partition coefficient (Wildman–Crippen LogP) is 5.08. The van der Waals surface area contributed by atoms with Crippen LogP contribution in [0.1, 0.15) is 23.1 Å². The molecule has 0 aliphatic rings. The molecule has 27 heavy (non-hydrogen) atoms. The SMILES string of the molecule is CCc1nnc2sc(-c3cccc(NC(=O)c4cc(Br)ccc4Cl)c3)nn12. The maximum absolute atomic E-state index is 12.6. The predicted molar refractivity (Wildman–Crippen MR) is 111 cm³/mol.